The lowest BCUT2D eigenvalue weighted by Crippen LogP contribution is -2.23. The lowest BCUT2D eigenvalue weighted by Gasteiger charge is -1.96. The van der Waals surface area contributed by atoms with Gasteiger partial charge in [0.2, 0.25) is 5.91 Å². The third-order valence-electron chi connectivity index (χ3n) is 0.656. The molecule has 0 spiro atoms. The molecule has 0 aliphatic rings. The summed E-state index contributed by atoms with van der Waals surface area (Å²) in [6, 6.07) is 0. The average molecular weight is 116 g/mol. The van der Waals surface area contributed by atoms with E-state index < -0.39 is 0 Å². The summed E-state index contributed by atoms with van der Waals surface area (Å²) in [4.78, 5) is 10.3. The highest BCUT2D eigenvalue weighted by atomic mass is 16.5. The van der Waals surface area contributed by atoms with Crippen molar-refractivity contribution >= 4 is 5.91 Å². The van der Waals surface area contributed by atoms with E-state index in [9.17, 15) is 4.79 Å². The van der Waals surface area contributed by atoms with E-state index in [0.717, 1.165) is 0 Å². The van der Waals surface area contributed by atoms with Crippen LogP contribution in [0.15, 0.2) is 0 Å². The second-order valence-electron chi connectivity index (χ2n) is 1.23. The van der Waals surface area contributed by atoms with Gasteiger partial charge < -0.3 is 10.1 Å². The van der Waals surface area contributed by atoms with Crippen LogP contribution in [-0.2, 0) is 9.53 Å². The smallest absolute Gasteiger partial charge is 0.245 e. The number of carbonyl (C=O) groups excluding carboxylic acids is 1. The van der Waals surface area contributed by atoms with Gasteiger partial charge in [-0.25, -0.2) is 0 Å². The van der Waals surface area contributed by atoms with Gasteiger partial charge in [-0.15, -0.1) is 0 Å². The zero-order chi connectivity index (χ0) is 6.41. The maximum absolute atomic E-state index is 10.3. The Hall–Kier alpha value is -0.570. The number of amides is 1. The minimum Gasteiger partial charge on any atom is -0.372 e. The summed E-state index contributed by atoms with van der Waals surface area (Å²) in [5.41, 5.74) is 0. The van der Waals surface area contributed by atoms with E-state index in [1.54, 1.807) is 7.05 Å². The Kier molecular flexibility index (Phi) is 4.26. The SMILES string of the molecule is [CH2]COCC(=O)NC. The van der Waals surface area contributed by atoms with Crippen LogP contribution in [0.4, 0.5) is 0 Å². The van der Waals surface area contributed by atoms with Crippen LogP contribution in [0.2, 0.25) is 0 Å². The van der Waals surface area contributed by atoms with Crippen LogP contribution in [0.1, 0.15) is 0 Å². The minimum atomic E-state index is -0.117. The Labute approximate surface area is 49.0 Å². The lowest BCUT2D eigenvalue weighted by atomic mass is 10.6. The van der Waals surface area contributed by atoms with Crippen molar-refractivity contribution in [3.05, 3.63) is 6.92 Å². The van der Waals surface area contributed by atoms with Gasteiger partial charge in [-0.05, 0) is 6.92 Å². The molecule has 0 aromatic rings. The Morgan fingerprint density at radius 2 is 2.50 bits per heavy atom. The molecule has 0 aromatic heterocycles. The molecule has 1 N–H and O–H groups in total. The number of hydrogen-bond acceptors (Lipinski definition) is 2. The molecule has 1 amide bonds. The van der Waals surface area contributed by atoms with Crippen molar-refractivity contribution in [1.29, 1.82) is 0 Å². The molecule has 0 saturated carbocycles. The second kappa shape index (κ2) is 4.59. The second-order valence-corrected chi connectivity index (χ2v) is 1.23. The Morgan fingerprint density at radius 1 is 1.88 bits per heavy atom. The van der Waals surface area contributed by atoms with Gasteiger partial charge in [0.15, 0.2) is 0 Å². The Balaban J connectivity index is 2.99. The first kappa shape index (κ1) is 7.43. The quantitative estimate of drug-likeness (QED) is 0.544. The number of likely N-dealkylation sites (N-methyl/N-ethyl adjacent to an activating group) is 1. The minimum absolute atomic E-state index is 0.111. The van der Waals surface area contributed by atoms with Crippen molar-refractivity contribution in [2.75, 3.05) is 20.3 Å². The average Bonchev–Trinajstić information content (AvgIpc) is 1.83. The van der Waals surface area contributed by atoms with Crippen LogP contribution in [-0.4, -0.2) is 26.2 Å². The first-order chi connectivity index (χ1) is 3.81. The fourth-order valence-corrected chi connectivity index (χ4v) is 0.237. The number of carbonyl (C=O) groups is 1. The topological polar surface area (TPSA) is 38.3 Å². The summed E-state index contributed by atoms with van der Waals surface area (Å²) in [5.74, 6) is -0.117. The largest absolute Gasteiger partial charge is 0.372 e. The molecule has 1 radical (unpaired) electrons. The van der Waals surface area contributed by atoms with Crippen molar-refractivity contribution in [2.45, 2.75) is 0 Å². The van der Waals surface area contributed by atoms with Gasteiger partial charge in [-0.2, -0.15) is 0 Å². The highest BCUT2D eigenvalue weighted by Crippen LogP contribution is 1.69. The Bertz CT molecular complexity index is 72.8. The monoisotopic (exact) mass is 116 g/mol. The molecule has 0 rings (SSSR count). The van der Waals surface area contributed by atoms with Crippen LogP contribution >= 0.6 is 0 Å². The number of nitrogens with one attached hydrogen (secondary N) is 1. The van der Waals surface area contributed by atoms with Crippen molar-refractivity contribution in [3.63, 3.8) is 0 Å². The normalized spacial score (nSPS) is 8.75. The van der Waals surface area contributed by atoms with Gasteiger partial charge in [0.1, 0.15) is 6.61 Å². The molecular weight excluding hydrogens is 106 g/mol. The number of rotatable bonds is 3. The molecule has 0 heterocycles. The van der Waals surface area contributed by atoms with Gasteiger partial charge in [0.05, 0.1) is 0 Å². The molecule has 0 aliphatic heterocycles. The predicted octanol–water partition coefficient (Wildman–Crippen LogP) is -0.417. The van der Waals surface area contributed by atoms with Gasteiger partial charge in [0, 0.05) is 13.7 Å². The third-order valence-corrected chi connectivity index (χ3v) is 0.656. The predicted molar refractivity (Wildman–Crippen MR) is 30.2 cm³/mol. The lowest BCUT2D eigenvalue weighted by molar-refractivity contribution is -0.124. The van der Waals surface area contributed by atoms with E-state index in [1.807, 2.05) is 0 Å². The molecule has 3 heteroatoms. The van der Waals surface area contributed by atoms with Crippen LogP contribution in [0.3, 0.4) is 0 Å². The molecule has 8 heavy (non-hydrogen) atoms. The van der Waals surface area contributed by atoms with Gasteiger partial charge in [-0.3, -0.25) is 4.79 Å². The number of ether oxygens (including phenoxy) is 1. The molecular formula is C5H10NO2. The van der Waals surface area contributed by atoms with E-state index in [2.05, 4.69) is 17.0 Å². The van der Waals surface area contributed by atoms with E-state index in [-0.39, 0.29) is 12.5 Å². The first-order valence-electron chi connectivity index (χ1n) is 2.39. The molecule has 0 aliphatic carbocycles. The van der Waals surface area contributed by atoms with Crippen LogP contribution in [0.5, 0.6) is 0 Å². The van der Waals surface area contributed by atoms with Crippen LogP contribution < -0.4 is 5.32 Å². The maximum Gasteiger partial charge on any atom is 0.245 e. The molecule has 0 unspecified atom stereocenters. The highest BCUT2D eigenvalue weighted by Gasteiger charge is 1.92. The van der Waals surface area contributed by atoms with E-state index in [1.165, 1.54) is 0 Å². The standard InChI is InChI=1S/C5H10NO2/c1-3-8-4-5(7)6-2/h1,3-4H2,2H3,(H,6,7). The summed E-state index contributed by atoms with van der Waals surface area (Å²) >= 11 is 0. The summed E-state index contributed by atoms with van der Waals surface area (Å²) in [7, 11) is 1.56. The highest BCUT2D eigenvalue weighted by molar-refractivity contribution is 5.76. The molecule has 3 nitrogen and oxygen atoms in total. The van der Waals surface area contributed by atoms with Crippen LogP contribution in [0.25, 0.3) is 0 Å². The van der Waals surface area contributed by atoms with E-state index in [4.69, 9.17) is 0 Å². The summed E-state index contributed by atoms with van der Waals surface area (Å²) < 4.78 is 4.66. The summed E-state index contributed by atoms with van der Waals surface area (Å²) in [6.45, 7) is 3.84. The molecule has 0 aromatic carbocycles. The fraction of sp³-hybridized carbons (Fsp3) is 0.600. The van der Waals surface area contributed by atoms with Crippen molar-refractivity contribution in [3.8, 4) is 0 Å². The first-order valence-corrected chi connectivity index (χ1v) is 2.39. The van der Waals surface area contributed by atoms with E-state index in [0.29, 0.717) is 6.61 Å². The zero-order valence-corrected chi connectivity index (χ0v) is 4.94. The number of hydrogen-bond donors (Lipinski definition) is 1. The molecule has 0 saturated heterocycles. The summed E-state index contributed by atoms with van der Waals surface area (Å²) in [6.07, 6.45) is 0. The molecule has 0 fully saturated rings. The molecule has 47 valence electrons. The van der Waals surface area contributed by atoms with Crippen molar-refractivity contribution in [2.24, 2.45) is 0 Å². The Morgan fingerprint density at radius 3 is 2.88 bits per heavy atom. The molecule has 0 atom stereocenters. The molecule has 0 bridgehead atoms. The van der Waals surface area contributed by atoms with Crippen molar-refractivity contribution < 1.29 is 9.53 Å². The van der Waals surface area contributed by atoms with Gasteiger partial charge in [-0.1, -0.05) is 0 Å². The fourth-order valence-electron chi connectivity index (χ4n) is 0.237. The third kappa shape index (κ3) is 3.61. The van der Waals surface area contributed by atoms with Crippen LogP contribution in [0, 0.1) is 6.92 Å². The van der Waals surface area contributed by atoms with Crippen molar-refractivity contribution in [1.82, 2.24) is 5.32 Å². The summed E-state index contributed by atoms with van der Waals surface area (Å²) in [5, 5.41) is 2.41. The van der Waals surface area contributed by atoms with Gasteiger partial charge >= 0.3 is 0 Å². The zero-order valence-electron chi connectivity index (χ0n) is 4.94. The van der Waals surface area contributed by atoms with E-state index >= 15 is 0 Å². The maximum atomic E-state index is 10.3. The van der Waals surface area contributed by atoms with Gasteiger partial charge in [0.25, 0.3) is 0 Å².